The molecule has 0 unspecified atom stereocenters. The molecule has 4 aliphatic carbocycles. The highest BCUT2D eigenvalue weighted by Crippen LogP contribution is 2.60. The zero-order chi connectivity index (χ0) is 16.9. The van der Waals surface area contributed by atoms with Gasteiger partial charge in [0.25, 0.3) is 0 Å². The average Bonchev–Trinajstić information content (AvgIpc) is 2.61. The maximum absolute atomic E-state index is 13.3. The van der Waals surface area contributed by atoms with Crippen LogP contribution < -0.4 is 10.2 Å². The van der Waals surface area contributed by atoms with Crippen molar-refractivity contribution in [3.63, 3.8) is 0 Å². The summed E-state index contributed by atoms with van der Waals surface area (Å²) >= 11 is 0. The molecular weight excluding hydrogens is 308 g/mol. The molecule has 5 fully saturated rings. The van der Waals surface area contributed by atoms with Crippen molar-refractivity contribution < 1.29 is 4.79 Å². The third-order valence-corrected chi connectivity index (χ3v) is 7.40. The van der Waals surface area contributed by atoms with Crippen LogP contribution in [-0.2, 0) is 4.79 Å². The highest BCUT2D eigenvalue weighted by molar-refractivity contribution is 5.83. The Balaban J connectivity index is 1.26. The van der Waals surface area contributed by atoms with Crippen LogP contribution in [0.15, 0.2) is 30.3 Å². The summed E-state index contributed by atoms with van der Waals surface area (Å²) < 4.78 is 0. The minimum Gasteiger partial charge on any atom is -0.369 e. The lowest BCUT2D eigenvalue weighted by atomic mass is 9.49. The van der Waals surface area contributed by atoms with Gasteiger partial charge in [-0.15, -0.1) is 0 Å². The van der Waals surface area contributed by atoms with Gasteiger partial charge in [0.05, 0.1) is 0 Å². The molecule has 1 aliphatic heterocycles. The fourth-order valence-corrected chi connectivity index (χ4v) is 6.70. The van der Waals surface area contributed by atoms with Crippen molar-refractivity contribution in [1.29, 1.82) is 0 Å². The fraction of sp³-hybridized carbons (Fsp3) is 0.682. The number of carbonyl (C=O) groups excluding carboxylic acids is 1. The van der Waals surface area contributed by atoms with Gasteiger partial charge in [-0.25, -0.2) is 0 Å². The predicted molar refractivity (Wildman–Crippen MR) is 100 cm³/mol. The van der Waals surface area contributed by atoms with Gasteiger partial charge in [-0.3, -0.25) is 4.79 Å². The minimum atomic E-state index is -0.0101. The van der Waals surface area contributed by atoms with Crippen LogP contribution in [0.25, 0.3) is 0 Å². The zero-order valence-electron chi connectivity index (χ0n) is 15.1. The maximum atomic E-state index is 13.3. The molecule has 4 saturated carbocycles. The number of hydrogen-bond acceptors (Lipinski definition) is 2. The number of nitrogens with one attached hydrogen (secondary N) is 1. The Bertz CT molecular complexity index is 605. The largest absolute Gasteiger partial charge is 0.369 e. The molecule has 1 aromatic carbocycles. The molecule has 5 aliphatic rings. The minimum absolute atomic E-state index is 0.0101. The van der Waals surface area contributed by atoms with E-state index in [0.717, 1.165) is 37.3 Å². The lowest BCUT2D eigenvalue weighted by molar-refractivity contribution is -0.147. The van der Waals surface area contributed by atoms with E-state index in [1.165, 1.54) is 50.6 Å². The Morgan fingerprint density at radius 3 is 2.28 bits per heavy atom. The summed E-state index contributed by atoms with van der Waals surface area (Å²) in [4.78, 5) is 15.7. The maximum Gasteiger partial charge on any atom is 0.226 e. The predicted octanol–water partition coefficient (Wildman–Crippen LogP) is 3.99. The van der Waals surface area contributed by atoms with Crippen LogP contribution in [0.1, 0.15) is 51.4 Å². The Hall–Kier alpha value is -1.51. The Morgan fingerprint density at radius 2 is 1.64 bits per heavy atom. The Labute approximate surface area is 151 Å². The average molecular weight is 338 g/mol. The third kappa shape index (κ3) is 2.86. The second kappa shape index (κ2) is 6.03. The van der Waals surface area contributed by atoms with E-state index in [9.17, 15) is 4.79 Å². The summed E-state index contributed by atoms with van der Waals surface area (Å²) in [6, 6.07) is 11.0. The molecule has 0 spiro atoms. The van der Waals surface area contributed by atoms with Crippen molar-refractivity contribution in [3.8, 4) is 0 Å². The number of amides is 1. The van der Waals surface area contributed by atoms with Crippen LogP contribution in [0.3, 0.4) is 0 Å². The SMILES string of the molecule is O=C(N[C@H]1CCCN(c2ccccc2)C1)C12CC3CC(CC(C3)C1)C2. The lowest BCUT2D eigenvalue weighted by Crippen LogP contribution is -2.57. The van der Waals surface area contributed by atoms with Crippen LogP contribution in [0.2, 0.25) is 0 Å². The first-order valence-corrected chi connectivity index (χ1v) is 10.3. The summed E-state index contributed by atoms with van der Waals surface area (Å²) in [5, 5.41) is 3.50. The molecule has 0 radical (unpaired) electrons. The molecule has 134 valence electrons. The second-order valence-corrected chi connectivity index (χ2v) is 9.29. The van der Waals surface area contributed by atoms with Gasteiger partial charge in [-0.2, -0.15) is 0 Å². The third-order valence-electron chi connectivity index (χ3n) is 7.40. The van der Waals surface area contributed by atoms with Gasteiger partial charge in [-0.05, 0) is 81.3 Å². The standard InChI is InChI=1S/C22H30N2O/c25-21(22-12-16-9-17(13-22)11-18(10-16)14-22)23-19-5-4-8-24(15-19)20-6-2-1-3-7-20/h1-3,6-7,16-19H,4-5,8-15H2,(H,23,25)/t16?,17?,18?,19-,22?/m0/s1. The zero-order valence-corrected chi connectivity index (χ0v) is 15.1. The first-order valence-electron chi connectivity index (χ1n) is 10.3. The van der Waals surface area contributed by atoms with Crippen molar-refractivity contribution in [2.24, 2.45) is 23.2 Å². The van der Waals surface area contributed by atoms with Crippen molar-refractivity contribution in [2.75, 3.05) is 18.0 Å². The van der Waals surface area contributed by atoms with Crippen LogP contribution in [0, 0.1) is 23.2 Å². The van der Waals surface area contributed by atoms with Gasteiger partial charge in [0.15, 0.2) is 0 Å². The number of carbonyl (C=O) groups is 1. The molecule has 25 heavy (non-hydrogen) atoms. The number of anilines is 1. The molecule has 4 bridgehead atoms. The monoisotopic (exact) mass is 338 g/mol. The van der Waals surface area contributed by atoms with Gasteiger partial charge < -0.3 is 10.2 Å². The van der Waals surface area contributed by atoms with Crippen molar-refractivity contribution in [1.82, 2.24) is 5.32 Å². The highest BCUT2D eigenvalue weighted by atomic mass is 16.2. The van der Waals surface area contributed by atoms with E-state index in [0.29, 0.717) is 11.9 Å². The summed E-state index contributed by atoms with van der Waals surface area (Å²) in [7, 11) is 0. The summed E-state index contributed by atoms with van der Waals surface area (Å²) in [6.45, 7) is 2.07. The lowest BCUT2D eigenvalue weighted by Gasteiger charge is -2.56. The van der Waals surface area contributed by atoms with Crippen molar-refractivity contribution in [2.45, 2.75) is 57.4 Å². The van der Waals surface area contributed by atoms with Gasteiger partial charge in [0.2, 0.25) is 5.91 Å². The molecule has 1 amide bonds. The van der Waals surface area contributed by atoms with E-state index in [1.54, 1.807) is 0 Å². The van der Waals surface area contributed by atoms with Crippen molar-refractivity contribution in [3.05, 3.63) is 30.3 Å². The number of nitrogens with zero attached hydrogens (tertiary/aromatic N) is 1. The summed E-state index contributed by atoms with van der Waals surface area (Å²) in [5.74, 6) is 2.91. The molecule has 1 N–H and O–H groups in total. The molecule has 1 heterocycles. The smallest absolute Gasteiger partial charge is 0.226 e. The fourth-order valence-electron chi connectivity index (χ4n) is 6.70. The molecule has 1 atom stereocenters. The number of hydrogen-bond donors (Lipinski definition) is 1. The number of para-hydroxylation sites is 1. The Morgan fingerprint density at radius 1 is 1.00 bits per heavy atom. The van der Waals surface area contributed by atoms with Crippen LogP contribution in [0.4, 0.5) is 5.69 Å². The van der Waals surface area contributed by atoms with Gasteiger partial charge in [0, 0.05) is 30.2 Å². The van der Waals surface area contributed by atoms with Crippen LogP contribution in [0.5, 0.6) is 0 Å². The first kappa shape index (κ1) is 15.7. The molecule has 3 nitrogen and oxygen atoms in total. The van der Waals surface area contributed by atoms with Gasteiger partial charge in [-0.1, -0.05) is 18.2 Å². The van der Waals surface area contributed by atoms with Crippen LogP contribution >= 0.6 is 0 Å². The molecule has 1 saturated heterocycles. The number of piperidine rings is 1. The summed E-state index contributed by atoms with van der Waals surface area (Å²) in [6.07, 6.45) is 10.00. The van der Waals surface area contributed by atoms with E-state index >= 15 is 0 Å². The second-order valence-electron chi connectivity index (χ2n) is 9.29. The van der Waals surface area contributed by atoms with E-state index in [-0.39, 0.29) is 5.41 Å². The van der Waals surface area contributed by atoms with E-state index < -0.39 is 0 Å². The van der Waals surface area contributed by atoms with E-state index in [2.05, 4.69) is 40.5 Å². The number of benzene rings is 1. The number of rotatable bonds is 3. The van der Waals surface area contributed by atoms with Crippen molar-refractivity contribution >= 4 is 11.6 Å². The topological polar surface area (TPSA) is 32.3 Å². The van der Waals surface area contributed by atoms with Gasteiger partial charge in [0.1, 0.15) is 0 Å². The van der Waals surface area contributed by atoms with E-state index in [1.807, 2.05) is 0 Å². The molecule has 3 heteroatoms. The molecule has 0 aromatic heterocycles. The highest BCUT2D eigenvalue weighted by Gasteiger charge is 2.54. The van der Waals surface area contributed by atoms with E-state index in [4.69, 9.17) is 0 Å². The van der Waals surface area contributed by atoms with Crippen LogP contribution in [-0.4, -0.2) is 25.0 Å². The first-order chi connectivity index (χ1) is 12.2. The molecule has 6 rings (SSSR count). The Kier molecular flexibility index (Phi) is 3.79. The summed E-state index contributed by atoms with van der Waals surface area (Å²) in [5.41, 5.74) is 1.28. The molecular formula is C22H30N2O. The normalized spacial score (nSPS) is 39.4. The molecule has 1 aromatic rings. The van der Waals surface area contributed by atoms with Gasteiger partial charge >= 0.3 is 0 Å². The quantitative estimate of drug-likeness (QED) is 0.904.